The average Bonchev–Trinajstić information content (AvgIpc) is 3.24. The van der Waals surface area contributed by atoms with Crippen LogP contribution in [0.3, 0.4) is 0 Å². The fraction of sp³-hybridized carbons (Fsp3) is 0.300. The first kappa shape index (κ1) is 16.8. The molecule has 1 fully saturated rings. The lowest BCUT2D eigenvalue weighted by atomic mass is 10.1. The second-order valence-electron chi connectivity index (χ2n) is 6.88. The number of hydrogen-bond acceptors (Lipinski definition) is 1. The summed E-state index contributed by atoms with van der Waals surface area (Å²) in [5, 5.41) is 0. The summed E-state index contributed by atoms with van der Waals surface area (Å²) in [6.45, 7) is 2.39. The molecule has 4 rings (SSSR count). The number of nitrogens with zero attached hydrogens (tertiary/aromatic N) is 2. The van der Waals surface area contributed by atoms with Gasteiger partial charge in [-0.05, 0) is 36.1 Å². The number of hydrogen-bond donors (Lipinski definition) is 0. The summed E-state index contributed by atoms with van der Waals surface area (Å²) in [5.74, 6) is 0.495. The number of rotatable bonds is 2. The molecule has 2 aliphatic rings. The molecule has 1 heterocycles. The first-order chi connectivity index (χ1) is 12.3. The average molecular weight is 358 g/mol. The summed E-state index contributed by atoms with van der Waals surface area (Å²) in [5.41, 5.74) is 1.41. The molecule has 1 saturated carbocycles. The molecule has 0 aromatic heterocycles. The Morgan fingerprint density at radius 2 is 1.88 bits per heavy atom. The molecule has 0 spiro atoms. The fourth-order valence-electron chi connectivity index (χ4n) is 3.30. The maximum absolute atomic E-state index is 13.1. The molecule has 2 aromatic carbocycles. The molecule has 0 N–H and O–H groups in total. The van der Waals surface area contributed by atoms with Crippen molar-refractivity contribution in [1.82, 2.24) is 0 Å². The van der Waals surface area contributed by atoms with Gasteiger partial charge in [0.15, 0.2) is 0 Å². The minimum Gasteiger partial charge on any atom is -0.321 e. The molecule has 1 aliphatic heterocycles. The van der Waals surface area contributed by atoms with E-state index in [-0.39, 0.29) is 11.8 Å². The van der Waals surface area contributed by atoms with E-state index in [0.717, 1.165) is 29.7 Å². The highest BCUT2D eigenvalue weighted by atomic mass is 19.4. The Labute approximate surface area is 149 Å². The van der Waals surface area contributed by atoms with E-state index in [0.29, 0.717) is 24.0 Å². The van der Waals surface area contributed by atoms with E-state index in [1.165, 1.54) is 6.07 Å². The minimum atomic E-state index is -4.42. The van der Waals surface area contributed by atoms with Crippen molar-refractivity contribution in [2.24, 2.45) is 16.8 Å². The Morgan fingerprint density at radius 3 is 2.58 bits per heavy atom. The number of halogens is 3. The Morgan fingerprint density at radius 1 is 1.15 bits per heavy atom. The predicted molar refractivity (Wildman–Crippen MR) is 92.9 cm³/mol. The van der Waals surface area contributed by atoms with Crippen molar-refractivity contribution in [2.75, 3.05) is 4.90 Å². The van der Waals surface area contributed by atoms with Crippen LogP contribution in [0.2, 0.25) is 0 Å². The Bertz CT molecular complexity index is 904. The number of aliphatic imine (C=N–C) groups is 1. The molecule has 26 heavy (non-hydrogen) atoms. The lowest BCUT2D eigenvalue weighted by Gasteiger charge is -2.20. The van der Waals surface area contributed by atoms with Gasteiger partial charge >= 0.3 is 6.18 Å². The van der Waals surface area contributed by atoms with Gasteiger partial charge in [-0.2, -0.15) is 18.2 Å². The highest BCUT2D eigenvalue weighted by Crippen LogP contribution is 2.40. The molecular formula is C20H17F3N2O. The van der Waals surface area contributed by atoms with E-state index in [2.05, 4.69) is 4.99 Å². The van der Waals surface area contributed by atoms with Crippen LogP contribution in [0.15, 0.2) is 53.5 Å². The summed E-state index contributed by atoms with van der Waals surface area (Å²) in [4.78, 5) is 18.4. The van der Waals surface area contributed by atoms with Crippen molar-refractivity contribution in [1.29, 1.82) is 0 Å². The second kappa shape index (κ2) is 5.97. The smallest absolute Gasteiger partial charge is 0.321 e. The Hall–Kier alpha value is -2.63. The van der Waals surface area contributed by atoms with Gasteiger partial charge in [0.25, 0.3) is 5.91 Å². The van der Waals surface area contributed by atoms with Crippen LogP contribution in [0.25, 0.3) is 0 Å². The Kier molecular flexibility index (Phi) is 3.86. The van der Waals surface area contributed by atoms with Gasteiger partial charge in [0.2, 0.25) is 0 Å². The van der Waals surface area contributed by atoms with E-state index < -0.39 is 11.7 Å². The molecule has 3 nitrogen and oxygen atoms in total. The van der Waals surface area contributed by atoms with Crippen molar-refractivity contribution in [3.8, 4) is 0 Å². The third-order valence-electron chi connectivity index (χ3n) is 4.97. The number of carbonyl (C=O) groups excluding carboxylic acids is 1. The first-order valence-corrected chi connectivity index (χ1v) is 8.50. The number of anilines is 1. The number of carbonyl (C=O) groups is 1. The third kappa shape index (κ3) is 3.00. The third-order valence-corrected chi connectivity index (χ3v) is 4.97. The number of benzene rings is 2. The maximum atomic E-state index is 13.1. The molecule has 1 aliphatic carbocycles. The van der Waals surface area contributed by atoms with Gasteiger partial charge in [-0.3, -0.25) is 4.79 Å². The van der Waals surface area contributed by atoms with Gasteiger partial charge in [0.1, 0.15) is 5.84 Å². The van der Waals surface area contributed by atoms with Crippen LogP contribution in [0.5, 0.6) is 0 Å². The standard InChI is InChI=1S/C20H17F3N2O/c1-12-9-17(12)19(26)24-18-16-8-3-2-5-13(16)11-25(18)15-7-4-6-14(10-15)20(21,22)23/h2-8,10,12,17H,9,11H2,1H3/t12-,17-/m1/s1. The SMILES string of the molecule is C[C@@H]1C[C@H]1C(=O)N=C1c2ccccc2CN1c1cccc(C(F)(F)F)c1. The van der Waals surface area contributed by atoms with E-state index in [1.807, 2.05) is 31.2 Å². The summed E-state index contributed by atoms with van der Waals surface area (Å²) < 4.78 is 39.2. The van der Waals surface area contributed by atoms with Gasteiger partial charge in [-0.1, -0.05) is 37.3 Å². The molecular weight excluding hydrogens is 341 g/mol. The zero-order valence-electron chi connectivity index (χ0n) is 14.1. The first-order valence-electron chi connectivity index (χ1n) is 8.50. The fourth-order valence-corrected chi connectivity index (χ4v) is 3.30. The lowest BCUT2D eigenvalue weighted by molar-refractivity contribution is -0.137. The van der Waals surface area contributed by atoms with Crippen molar-refractivity contribution in [2.45, 2.75) is 26.1 Å². The molecule has 6 heteroatoms. The minimum absolute atomic E-state index is 0.0707. The van der Waals surface area contributed by atoms with Crippen LogP contribution in [0.4, 0.5) is 18.9 Å². The van der Waals surface area contributed by atoms with Gasteiger partial charge in [-0.25, -0.2) is 0 Å². The monoisotopic (exact) mass is 358 g/mol. The van der Waals surface area contributed by atoms with Crippen LogP contribution in [-0.4, -0.2) is 11.7 Å². The second-order valence-corrected chi connectivity index (χ2v) is 6.88. The molecule has 1 amide bonds. The number of alkyl halides is 3. The maximum Gasteiger partial charge on any atom is 0.416 e. The quantitative estimate of drug-likeness (QED) is 0.782. The summed E-state index contributed by atoms with van der Waals surface area (Å²) in [7, 11) is 0. The van der Waals surface area contributed by atoms with E-state index in [4.69, 9.17) is 0 Å². The van der Waals surface area contributed by atoms with Gasteiger partial charge in [0.05, 0.1) is 12.1 Å². The Balaban J connectivity index is 1.76. The normalized spacial score (nSPS) is 23.2. The zero-order chi connectivity index (χ0) is 18.5. The zero-order valence-corrected chi connectivity index (χ0v) is 14.1. The summed E-state index contributed by atoms with van der Waals surface area (Å²) >= 11 is 0. The largest absolute Gasteiger partial charge is 0.416 e. The predicted octanol–water partition coefficient (Wildman–Crippen LogP) is 4.65. The van der Waals surface area contributed by atoms with Crippen molar-refractivity contribution < 1.29 is 18.0 Å². The molecule has 0 bridgehead atoms. The van der Waals surface area contributed by atoms with Crippen LogP contribution < -0.4 is 4.90 Å². The molecule has 0 radical (unpaired) electrons. The van der Waals surface area contributed by atoms with E-state index in [9.17, 15) is 18.0 Å². The van der Waals surface area contributed by atoms with Crippen LogP contribution in [0.1, 0.15) is 30.0 Å². The topological polar surface area (TPSA) is 32.7 Å². The van der Waals surface area contributed by atoms with Gasteiger partial charge in [-0.15, -0.1) is 0 Å². The van der Waals surface area contributed by atoms with Gasteiger partial charge < -0.3 is 4.90 Å². The molecule has 134 valence electrons. The summed E-state index contributed by atoms with van der Waals surface area (Å²) in [6, 6.07) is 12.6. The number of fused-ring (bicyclic) bond motifs is 1. The van der Waals surface area contributed by atoms with Gasteiger partial charge in [0, 0.05) is 17.2 Å². The van der Waals surface area contributed by atoms with Crippen molar-refractivity contribution in [3.05, 3.63) is 65.2 Å². The van der Waals surface area contributed by atoms with E-state index in [1.54, 1.807) is 11.0 Å². The van der Waals surface area contributed by atoms with Crippen LogP contribution in [-0.2, 0) is 17.5 Å². The van der Waals surface area contributed by atoms with Crippen LogP contribution in [0, 0.1) is 11.8 Å². The summed E-state index contributed by atoms with van der Waals surface area (Å²) in [6.07, 6.45) is -3.60. The number of amides is 1. The van der Waals surface area contributed by atoms with Crippen LogP contribution >= 0.6 is 0 Å². The highest BCUT2D eigenvalue weighted by Gasteiger charge is 2.40. The number of amidine groups is 1. The van der Waals surface area contributed by atoms with E-state index >= 15 is 0 Å². The lowest BCUT2D eigenvalue weighted by Crippen LogP contribution is -2.26. The molecule has 0 unspecified atom stereocenters. The van der Waals surface area contributed by atoms with Crippen molar-refractivity contribution >= 4 is 17.4 Å². The molecule has 2 aromatic rings. The molecule has 2 atom stereocenters. The van der Waals surface area contributed by atoms with Crippen molar-refractivity contribution in [3.63, 3.8) is 0 Å². The molecule has 0 saturated heterocycles. The highest BCUT2D eigenvalue weighted by molar-refractivity contribution is 6.17.